The molecular formula is C24H23N5O5. The zero-order chi connectivity index (χ0) is 24.2. The van der Waals surface area contributed by atoms with E-state index in [0.29, 0.717) is 28.8 Å². The van der Waals surface area contributed by atoms with Gasteiger partial charge in [0.05, 0.1) is 21.3 Å². The van der Waals surface area contributed by atoms with Gasteiger partial charge in [-0.1, -0.05) is 29.8 Å². The molecule has 0 spiro atoms. The fraction of sp³-hybridized carbons (Fsp3) is 0.208. The third-order valence-electron chi connectivity index (χ3n) is 5.15. The van der Waals surface area contributed by atoms with Crippen LogP contribution in [0.3, 0.4) is 0 Å². The summed E-state index contributed by atoms with van der Waals surface area (Å²) < 4.78 is 17.1. The van der Waals surface area contributed by atoms with Crippen molar-refractivity contribution >= 4 is 22.6 Å². The molecule has 4 rings (SSSR count). The molecule has 0 atom stereocenters. The second kappa shape index (κ2) is 9.57. The van der Waals surface area contributed by atoms with Crippen LogP contribution < -0.4 is 25.1 Å². The van der Waals surface area contributed by atoms with Crippen molar-refractivity contribution in [1.29, 1.82) is 0 Å². The van der Waals surface area contributed by atoms with E-state index in [1.54, 1.807) is 12.1 Å². The van der Waals surface area contributed by atoms with E-state index in [1.807, 2.05) is 31.2 Å². The molecule has 10 nitrogen and oxygen atoms in total. The molecule has 0 aliphatic carbocycles. The molecule has 4 aromatic rings. The molecule has 0 bridgehead atoms. The summed E-state index contributed by atoms with van der Waals surface area (Å²) in [5.74, 6) is 1.22. The van der Waals surface area contributed by atoms with Gasteiger partial charge in [-0.15, -0.1) is 0 Å². The largest absolute Gasteiger partial charge is 0.493 e. The molecule has 0 saturated carbocycles. The Hall–Kier alpha value is -4.47. The van der Waals surface area contributed by atoms with Gasteiger partial charge in [-0.3, -0.25) is 14.2 Å². The molecule has 2 heterocycles. The first kappa shape index (κ1) is 22.7. The summed E-state index contributed by atoms with van der Waals surface area (Å²) in [6, 6.07) is 10.9. The summed E-state index contributed by atoms with van der Waals surface area (Å²) in [5.41, 5.74) is 2.21. The number of amides is 1. The lowest BCUT2D eigenvalue weighted by atomic mass is 10.1. The Morgan fingerprint density at radius 1 is 1.00 bits per heavy atom. The zero-order valence-corrected chi connectivity index (χ0v) is 19.2. The summed E-state index contributed by atoms with van der Waals surface area (Å²) in [6.07, 6.45) is 2.73. The number of hydrogen-bond acceptors (Lipinski definition) is 8. The van der Waals surface area contributed by atoms with Crippen LogP contribution in [0.4, 0.5) is 5.69 Å². The maximum Gasteiger partial charge on any atom is 0.264 e. The average Bonchev–Trinajstić information content (AvgIpc) is 2.85. The Bertz CT molecular complexity index is 1390. The summed E-state index contributed by atoms with van der Waals surface area (Å²) in [5, 5.41) is 2.95. The number of hydrogen-bond donors (Lipinski definition) is 1. The highest BCUT2D eigenvalue weighted by molar-refractivity contribution is 5.91. The predicted octanol–water partition coefficient (Wildman–Crippen LogP) is 2.83. The molecule has 2 aromatic heterocycles. The second-order valence-corrected chi connectivity index (χ2v) is 7.44. The van der Waals surface area contributed by atoms with E-state index in [0.717, 1.165) is 11.1 Å². The number of methoxy groups -OCH3 is 3. The summed E-state index contributed by atoms with van der Waals surface area (Å²) in [4.78, 5) is 38.5. The maximum absolute atomic E-state index is 12.9. The minimum atomic E-state index is -0.435. The molecule has 0 aliphatic heterocycles. The lowest BCUT2D eigenvalue weighted by Crippen LogP contribution is -2.28. The number of ether oxygens (including phenoxy) is 3. The van der Waals surface area contributed by atoms with Gasteiger partial charge in [0.1, 0.15) is 18.3 Å². The van der Waals surface area contributed by atoms with E-state index in [1.165, 1.54) is 38.4 Å². The van der Waals surface area contributed by atoms with Gasteiger partial charge in [0.2, 0.25) is 11.7 Å². The minimum absolute atomic E-state index is 0.221. The van der Waals surface area contributed by atoms with Crippen molar-refractivity contribution in [3.63, 3.8) is 0 Å². The molecule has 0 saturated heterocycles. The summed E-state index contributed by atoms with van der Waals surface area (Å²) in [7, 11) is 4.45. The smallest absolute Gasteiger partial charge is 0.264 e. The first-order valence-corrected chi connectivity index (χ1v) is 10.3. The van der Waals surface area contributed by atoms with Crippen molar-refractivity contribution in [2.24, 2.45) is 0 Å². The van der Waals surface area contributed by atoms with Crippen LogP contribution in [-0.4, -0.2) is 46.8 Å². The fourth-order valence-corrected chi connectivity index (χ4v) is 3.42. The third kappa shape index (κ3) is 4.51. The molecule has 34 heavy (non-hydrogen) atoms. The molecule has 0 aliphatic rings. The number of nitrogens with one attached hydrogen (secondary N) is 1. The monoisotopic (exact) mass is 461 g/mol. The Kier molecular flexibility index (Phi) is 6.39. The van der Waals surface area contributed by atoms with Gasteiger partial charge in [0.15, 0.2) is 23.0 Å². The predicted molar refractivity (Wildman–Crippen MR) is 126 cm³/mol. The lowest BCUT2D eigenvalue weighted by molar-refractivity contribution is -0.116. The standard InChI is InChI=1S/C24H23N5O5/c1-14-5-7-15(8-6-14)22-25-11-17-23(28-22)26-13-29(24(17)31)12-20(30)27-16-9-18(32-2)21(34-4)19(10-16)33-3/h5-11,13H,12H2,1-4H3,(H,27,30). The van der Waals surface area contributed by atoms with Gasteiger partial charge in [-0.05, 0) is 6.92 Å². The highest BCUT2D eigenvalue weighted by atomic mass is 16.5. The molecule has 0 unspecified atom stereocenters. The maximum atomic E-state index is 12.9. The van der Waals surface area contributed by atoms with Crippen LogP contribution >= 0.6 is 0 Å². The Morgan fingerprint density at radius 2 is 1.68 bits per heavy atom. The van der Waals surface area contributed by atoms with Crippen molar-refractivity contribution in [2.75, 3.05) is 26.6 Å². The second-order valence-electron chi connectivity index (χ2n) is 7.44. The van der Waals surface area contributed by atoms with Gasteiger partial charge < -0.3 is 19.5 Å². The van der Waals surface area contributed by atoms with Crippen LogP contribution in [0.15, 0.2) is 53.7 Å². The number of aromatic nitrogens is 4. The number of rotatable bonds is 7. The van der Waals surface area contributed by atoms with Gasteiger partial charge in [0.25, 0.3) is 5.56 Å². The molecule has 1 amide bonds. The van der Waals surface area contributed by atoms with Crippen LogP contribution in [0.25, 0.3) is 22.4 Å². The Balaban J connectivity index is 1.57. The van der Waals surface area contributed by atoms with E-state index in [-0.39, 0.29) is 17.6 Å². The van der Waals surface area contributed by atoms with Crippen LogP contribution in [0.5, 0.6) is 17.2 Å². The normalized spacial score (nSPS) is 10.7. The van der Waals surface area contributed by atoms with E-state index < -0.39 is 11.5 Å². The molecule has 0 fully saturated rings. The first-order chi connectivity index (χ1) is 16.4. The molecule has 1 N–H and O–H groups in total. The molecule has 2 aromatic carbocycles. The molecule has 174 valence electrons. The number of fused-ring (bicyclic) bond motifs is 1. The van der Waals surface area contributed by atoms with E-state index in [9.17, 15) is 9.59 Å². The van der Waals surface area contributed by atoms with Crippen LogP contribution in [0, 0.1) is 6.92 Å². The molecule has 10 heteroatoms. The summed E-state index contributed by atoms with van der Waals surface area (Å²) in [6.45, 7) is 1.74. The first-order valence-electron chi connectivity index (χ1n) is 10.3. The van der Waals surface area contributed by atoms with Crippen molar-refractivity contribution in [3.8, 4) is 28.6 Å². The minimum Gasteiger partial charge on any atom is -0.493 e. The number of carbonyl (C=O) groups is 1. The quantitative estimate of drug-likeness (QED) is 0.446. The summed E-state index contributed by atoms with van der Waals surface area (Å²) >= 11 is 0. The highest BCUT2D eigenvalue weighted by Crippen LogP contribution is 2.39. The van der Waals surface area contributed by atoms with Crippen LogP contribution in [0.2, 0.25) is 0 Å². The van der Waals surface area contributed by atoms with Gasteiger partial charge in [-0.2, -0.15) is 0 Å². The molecular weight excluding hydrogens is 438 g/mol. The number of carbonyl (C=O) groups excluding carboxylic acids is 1. The van der Waals surface area contributed by atoms with Gasteiger partial charge in [0, 0.05) is 29.6 Å². The van der Waals surface area contributed by atoms with Crippen molar-refractivity contribution in [3.05, 3.63) is 64.8 Å². The third-order valence-corrected chi connectivity index (χ3v) is 5.15. The zero-order valence-electron chi connectivity index (χ0n) is 19.2. The van der Waals surface area contributed by atoms with Gasteiger partial charge >= 0.3 is 0 Å². The molecule has 0 radical (unpaired) electrons. The van der Waals surface area contributed by atoms with Crippen molar-refractivity contribution in [1.82, 2.24) is 19.5 Å². The Labute approximate surface area is 195 Å². The van der Waals surface area contributed by atoms with Crippen molar-refractivity contribution in [2.45, 2.75) is 13.5 Å². The van der Waals surface area contributed by atoms with Crippen LogP contribution in [0.1, 0.15) is 5.56 Å². The highest BCUT2D eigenvalue weighted by Gasteiger charge is 2.16. The number of anilines is 1. The Morgan fingerprint density at radius 3 is 2.29 bits per heavy atom. The van der Waals surface area contributed by atoms with Gasteiger partial charge in [-0.25, -0.2) is 15.0 Å². The number of benzene rings is 2. The lowest BCUT2D eigenvalue weighted by Gasteiger charge is -2.15. The number of nitrogens with zero attached hydrogens (tertiary/aromatic N) is 4. The van der Waals surface area contributed by atoms with Crippen LogP contribution in [-0.2, 0) is 11.3 Å². The SMILES string of the molecule is COc1cc(NC(=O)Cn2cnc3nc(-c4ccc(C)cc4)ncc3c2=O)cc(OC)c1OC. The fourth-order valence-electron chi connectivity index (χ4n) is 3.42. The topological polar surface area (TPSA) is 117 Å². The van der Waals surface area contributed by atoms with Crippen molar-refractivity contribution < 1.29 is 19.0 Å². The van der Waals surface area contributed by atoms with E-state index in [4.69, 9.17) is 14.2 Å². The number of aryl methyl sites for hydroxylation is 1. The van der Waals surface area contributed by atoms with E-state index >= 15 is 0 Å². The van der Waals surface area contributed by atoms with E-state index in [2.05, 4.69) is 20.3 Å². The average molecular weight is 461 g/mol.